The highest BCUT2D eigenvalue weighted by atomic mass is 127. The van der Waals surface area contributed by atoms with Crippen LogP contribution in [-0.2, 0) is 4.74 Å². The molecule has 3 aliphatic rings. The topological polar surface area (TPSA) is 36.9 Å². The number of hydrogen-bond donors (Lipinski definition) is 1. The first-order chi connectivity index (χ1) is 11.7. The van der Waals surface area contributed by atoms with Gasteiger partial charge in [-0.1, -0.05) is 24.3 Å². The second-order valence-electron chi connectivity index (χ2n) is 7.59. The SMILES string of the molecule is CN=C(NCC1CC2CCC1O2)N1CCC(c2ccccc2C)C1.I. The van der Waals surface area contributed by atoms with Gasteiger partial charge in [-0.05, 0) is 43.7 Å². The van der Waals surface area contributed by atoms with Gasteiger partial charge in [0.1, 0.15) is 0 Å². The maximum atomic E-state index is 5.97. The molecular formula is C20H30IN3O. The Morgan fingerprint density at radius 3 is 2.80 bits per heavy atom. The lowest BCUT2D eigenvalue weighted by Crippen LogP contribution is -2.43. The number of rotatable bonds is 3. The summed E-state index contributed by atoms with van der Waals surface area (Å²) in [6, 6.07) is 8.79. The number of hydrogen-bond acceptors (Lipinski definition) is 2. The molecule has 4 rings (SSSR count). The minimum atomic E-state index is 0. The number of fused-ring (bicyclic) bond motifs is 2. The molecule has 3 fully saturated rings. The van der Waals surface area contributed by atoms with Crippen LogP contribution in [0.4, 0.5) is 0 Å². The average molecular weight is 455 g/mol. The lowest BCUT2D eigenvalue weighted by molar-refractivity contribution is 0.0929. The minimum absolute atomic E-state index is 0. The molecule has 3 aliphatic heterocycles. The van der Waals surface area contributed by atoms with Gasteiger partial charge in [-0.25, -0.2) is 0 Å². The summed E-state index contributed by atoms with van der Waals surface area (Å²) >= 11 is 0. The van der Waals surface area contributed by atoms with Crippen molar-refractivity contribution in [2.75, 3.05) is 26.7 Å². The zero-order chi connectivity index (χ0) is 16.5. The Bertz CT molecular complexity index is 621. The fraction of sp³-hybridized carbons (Fsp3) is 0.650. The third-order valence-corrected chi connectivity index (χ3v) is 6.08. The van der Waals surface area contributed by atoms with Crippen molar-refractivity contribution in [3.8, 4) is 0 Å². The molecule has 4 unspecified atom stereocenters. The van der Waals surface area contributed by atoms with Crippen molar-refractivity contribution in [3.63, 3.8) is 0 Å². The van der Waals surface area contributed by atoms with E-state index < -0.39 is 0 Å². The van der Waals surface area contributed by atoms with Crippen molar-refractivity contribution in [2.24, 2.45) is 10.9 Å². The molecule has 1 N–H and O–H groups in total. The van der Waals surface area contributed by atoms with E-state index in [0.717, 1.165) is 25.6 Å². The predicted molar refractivity (Wildman–Crippen MR) is 113 cm³/mol. The molecule has 3 saturated heterocycles. The van der Waals surface area contributed by atoms with Gasteiger partial charge in [0.25, 0.3) is 0 Å². The molecule has 0 radical (unpaired) electrons. The van der Waals surface area contributed by atoms with Crippen molar-refractivity contribution in [2.45, 2.75) is 50.7 Å². The van der Waals surface area contributed by atoms with E-state index in [-0.39, 0.29) is 24.0 Å². The molecule has 25 heavy (non-hydrogen) atoms. The average Bonchev–Trinajstić information content (AvgIpc) is 3.32. The van der Waals surface area contributed by atoms with Crippen LogP contribution in [0, 0.1) is 12.8 Å². The molecule has 2 bridgehead atoms. The normalized spacial score (nSPS) is 31.3. The van der Waals surface area contributed by atoms with E-state index in [1.165, 1.54) is 36.8 Å². The quantitative estimate of drug-likeness (QED) is 0.431. The van der Waals surface area contributed by atoms with Gasteiger partial charge in [0.05, 0.1) is 12.2 Å². The fourth-order valence-corrected chi connectivity index (χ4v) is 4.76. The van der Waals surface area contributed by atoms with Crippen LogP contribution >= 0.6 is 24.0 Å². The standard InChI is InChI=1S/C20H29N3O.HI/c1-14-5-3-4-6-18(14)15-9-10-23(13-15)20(21-2)22-12-16-11-17-7-8-19(16)24-17;/h3-6,15-17,19H,7-13H2,1-2H3,(H,21,22);1H. The molecular weight excluding hydrogens is 425 g/mol. The van der Waals surface area contributed by atoms with E-state index in [1.54, 1.807) is 0 Å². The Kier molecular flexibility index (Phi) is 6.25. The zero-order valence-electron chi connectivity index (χ0n) is 15.3. The van der Waals surface area contributed by atoms with Crippen molar-refractivity contribution < 1.29 is 4.74 Å². The first-order valence-corrected chi connectivity index (χ1v) is 9.41. The first kappa shape index (κ1) is 19.0. The molecule has 0 aromatic heterocycles. The van der Waals surface area contributed by atoms with Gasteiger partial charge in [0.2, 0.25) is 0 Å². The summed E-state index contributed by atoms with van der Waals surface area (Å²) in [6.45, 7) is 5.38. The molecule has 5 heteroatoms. The van der Waals surface area contributed by atoms with Crippen LogP contribution in [0.1, 0.15) is 42.7 Å². The van der Waals surface area contributed by atoms with Gasteiger partial charge in [-0.15, -0.1) is 24.0 Å². The van der Waals surface area contributed by atoms with Crippen LogP contribution in [0.25, 0.3) is 0 Å². The third kappa shape index (κ3) is 3.97. The van der Waals surface area contributed by atoms with Gasteiger partial charge in [0.15, 0.2) is 5.96 Å². The Morgan fingerprint density at radius 2 is 2.12 bits per heavy atom. The summed E-state index contributed by atoms with van der Waals surface area (Å²) in [5.41, 5.74) is 2.91. The predicted octanol–water partition coefficient (Wildman–Crippen LogP) is 3.55. The number of ether oxygens (including phenoxy) is 1. The number of nitrogens with one attached hydrogen (secondary N) is 1. The smallest absolute Gasteiger partial charge is 0.193 e. The maximum Gasteiger partial charge on any atom is 0.193 e. The Balaban J connectivity index is 0.00000182. The lowest BCUT2D eigenvalue weighted by atomic mass is 9.89. The van der Waals surface area contributed by atoms with Crippen molar-refractivity contribution in [3.05, 3.63) is 35.4 Å². The van der Waals surface area contributed by atoms with Crippen LogP contribution in [0.2, 0.25) is 0 Å². The number of guanidine groups is 1. The molecule has 3 heterocycles. The van der Waals surface area contributed by atoms with Crippen LogP contribution in [0.15, 0.2) is 29.3 Å². The van der Waals surface area contributed by atoms with E-state index in [9.17, 15) is 0 Å². The number of halogens is 1. The number of benzene rings is 1. The van der Waals surface area contributed by atoms with Gasteiger partial charge in [0, 0.05) is 38.5 Å². The summed E-state index contributed by atoms with van der Waals surface area (Å²) in [5.74, 6) is 2.35. The highest BCUT2D eigenvalue weighted by Gasteiger charge is 2.40. The van der Waals surface area contributed by atoms with E-state index >= 15 is 0 Å². The van der Waals surface area contributed by atoms with E-state index in [1.807, 2.05) is 7.05 Å². The number of nitrogens with zero attached hydrogens (tertiary/aromatic N) is 2. The Hall–Kier alpha value is -0.820. The van der Waals surface area contributed by atoms with Crippen molar-refractivity contribution in [1.82, 2.24) is 10.2 Å². The number of aliphatic imine (C=N–C) groups is 1. The lowest BCUT2D eigenvalue weighted by Gasteiger charge is -2.25. The molecule has 4 atom stereocenters. The van der Waals surface area contributed by atoms with Crippen LogP contribution < -0.4 is 5.32 Å². The largest absolute Gasteiger partial charge is 0.375 e. The molecule has 0 aliphatic carbocycles. The summed E-state index contributed by atoms with van der Waals surface area (Å²) in [5, 5.41) is 3.62. The highest BCUT2D eigenvalue weighted by molar-refractivity contribution is 14.0. The fourth-order valence-electron chi connectivity index (χ4n) is 4.76. The van der Waals surface area contributed by atoms with E-state index in [2.05, 4.69) is 46.4 Å². The van der Waals surface area contributed by atoms with Crippen LogP contribution in [-0.4, -0.2) is 49.7 Å². The van der Waals surface area contributed by atoms with Crippen molar-refractivity contribution >= 4 is 29.9 Å². The van der Waals surface area contributed by atoms with Gasteiger partial charge in [-0.3, -0.25) is 4.99 Å². The summed E-state index contributed by atoms with van der Waals surface area (Å²) in [4.78, 5) is 6.96. The summed E-state index contributed by atoms with van der Waals surface area (Å²) in [6.07, 6.45) is 5.96. The molecule has 1 aromatic rings. The van der Waals surface area contributed by atoms with E-state index in [0.29, 0.717) is 24.0 Å². The second kappa shape index (κ2) is 8.25. The van der Waals surface area contributed by atoms with Gasteiger partial charge in [-0.2, -0.15) is 0 Å². The van der Waals surface area contributed by atoms with Gasteiger partial charge >= 0.3 is 0 Å². The minimum Gasteiger partial charge on any atom is -0.375 e. The van der Waals surface area contributed by atoms with Gasteiger partial charge < -0.3 is 15.0 Å². The summed E-state index contributed by atoms with van der Waals surface area (Å²) < 4.78 is 5.97. The highest BCUT2D eigenvalue weighted by Crippen LogP contribution is 2.38. The van der Waals surface area contributed by atoms with Crippen LogP contribution in [0.3, 0.4) is 0 Å². The van der Waals surface area contributed by atoms with E-state index in [4.69, 9.17) is 4.74 Å². The molecule has 0 saturated carbocycles. The molecule has 4 nitrogen and oxygen atoms in total. The molecule has 0 spiro atoms. The summed E-state index contributed by atoms with van der Waals surface area (Å²) in [7, 11) is 1.90. The van der Waals surface area contributed by atoms with Crippen LogP contribution in [0.5, 0.6) is 0 Å². The number of likely N-dealkylation sites (tertiary alicyclic amines) is 1. The Labute approximate surface area is 168 Å². The molecule has 1 aromatic carbocycles. The van der Waals surface area contributed by atoms with Crippen molar-refractivity contribution in [1.29, 1.82) is 0 Å². The molecule has 0 amide bonds. The third-order valence-electron chi connectivity index (χ3n) is 6.08. The second-order valence-corrected chi connectivity index (χ2v) is 7.59. The monoisotopic (exact) mass is 455 g/mol. The Morgan fingerprint density at radius 1 is 1.28 bits per heavy atom. The number of aryl methyl sites for hydroxylation is 1. The first-order valence-electron chi connectivity index (χ1n) is 9.41. The zero-order valence-corrected chi connectivity index (χ0v) is 17.6. The molecule has 138 valence electrons. The maximum absolute atomic E-state index is 5.97.